The molecule has 13 heteroatoms. The molecule has 0 N–H and O–H groups in total. The second-order valence-electron chi connectivity index (χ2n) is 8.77. The summed E-state index contributed by atoms with van der Waals surface area (Å²) >= 11 is 0. The van der Waals surface area contributed by atoms with Crippen LogP contribution in [0.3, 0.4) is 0 Å². The van der Waals surface area contributed by atoms with Crippen LogP contribution in [0.15, 0.2) is 27.6 Å². The SMILES string of the molecule is CS(=O)(=O)c1ccc(OC[C@H]2CC[C@H](N3CCN(c4nc(C(F)(F)F)no4)CC3)CC2)c(F)c1. The highest BCUT2D eigenvalue weighted by molar-refractivity contribution is 7.90. The smallest absolute Gasteiger partial charge is 0.455 e. The first kappa shape index (κ1) is 24.7. The Kier molecular flexibility index (Phi) is 7.04. The van der Waals surface area contributed by atoms with E-state index in [-0.39, 0.29) is 22.6 Å². The third-order valence-corrected chi connectivity index (χ3v) is 7.50. The van der Waals surface area contributed by atoms with Gasteiger partial charge in [-0.05, 0) is 55.0 Å². The number of rotatable bonds is 6. The number of ether oxygens (including phenoxy) is 1. The third-order valence-electron chi connectivity index (χ3n) is 6.39. The van der Waals surface area contributed by atoms with Gasteiger partial charge in [-0.2, -0.15) is 18.2 Å². The van der Waals surface area contributed by atoms with Gasteiger partial charge in [-0.1, -0.05) is 0 Å². The summed E-state index contributed by atoms with van der Waals surface area (Å²) in [5.41, 5.74) is 0. The maximum Gasteiger partial charge on any atom is 0.455 e. The van der Waals surface area contributed by atoms with E-state index in [2.05, 4.69) is 15.0 Å². The van der Waals surface area contributed by atoms with E-state index in [9.17, 15) is 26.0 Å². The van der Waals surface area contributed by atoms with Gasteiger partial charge in [-0.3, -0.25) is 4.90 Å². The molecule has 0 bridgehead atoms. The number of hydrogen-bond donors (Lipinski definition) is 0. The van der Waals surface area contributed by atoms with Gasteiger partial charge >= 0.3 is 12.2 Å². The largest absolute Gasteiger partial charge is 0.490 e. The Hall–Kier alpha value is -2.41. The molecule has 2 aliphatic rings. The maximum absolute atomic E-state index is 14.2. The van der Waals surface area contributed by atoms with E-state index in [1.165, 1.54) is 12.1 Å². The number of nitrogens with zero attached hydrogens (tertiary/aromatic N) is 4. The molecular weight excluding hydrogens is 480 g/mol. The molecule has 0 atom stereocenters. The summed E-state index contributed by atoms with van der Waals surface area (Å²) in [7, 11) is -3.48. The second-order valence-corrected chi connectivity index (χ2v) is 10.8. The van der Waals surface area contributed by atoms with Crippen LogP contribution in [0, 0.1) is 11.7 Å². The van der Waals surface area contributed by atoms with Gasteiger partial charge in [0.25, 0.3) is 5.82 Å². The van der Waals surface area contributed by atoms with Gasteiger partial charge in [0.1, 0.15) is 0 Å². The third kappa shape index (κ3) is 5.80. The van der Waals surface area contributed by atoms with E-state index in [1.807, 2.05) is 0 Å². The van der Waals surface area contributed by atoms with E-state index >= 15 is 0 Å². The summed E-state index contributed by atoms with van der Waals surface area (Å²) in [6.45, 7) is 2.74. The van der Waals surface area contributed by atoms with Gasteiger partial charge in [0.05, 0.1) is 11.5 Å². The molecule has 0 spiro atoms. The summed E-state index contributed by atoms with van der Waals surface area (Å²) in [6, 6.07) is 3.92. The molecule has 1 saturated heterocycles. The molecule has 34 heavy (non-hydrogen) atoms. The van der Waals surface area contributed by atoms with Crippen molar-refractivity contribution in [2.75, 3.05) is 43.9 Å². The van der Waals surface area contributed by atoms with Crippen molar-refractivity contribution in [2.24, 2.45) is 5.92 Å². The van der Waals surface area contributed by atoms with Crippen molar-refractivity contribution >= 4 is 15.9 Å². The molecule has 0 amide bonds. The van der Waals surface area contributed by atoms with Crippen LogP contribution in [0.25, 0.3) is 0 Å². The van der Waals surface area contributed by atoms with E-state index in [0.29, 0.717) is 38.8 Å². The van der Waals surface area contributed by atoms with Crippen molar-refractivity contribution < 1.29 is 35.2 Å². The average Bonchev–Trinajstić information content (AvgIpc) is 3.29. The topological polar surface area (TPSA) is 88.8 Å². The number of halogens is 4. The number of aromatic nitrogens is 2. The molecule has 1 aliphatic carbocycles. The van der Waals surface area contributed by atoms with Gasteiger partial charge in [0.2, 0.25) is 0 Å². The number of alkyl halides is 3. The molecule has 2 heterocycles. The zero-order valence-electron chi connectivity index (χ0n) is 18.6. The lowest BCUT2D eigenvalue weighted by molar-refractivity contribution is -0.146. The lowest BCUT2D eigenvalue weighted by atomic mass is 9.85. The zero-order chi connectivity index (χ0) is 24.5. The number of piperazine rings is 1. The highest BCUT2D eigenvalue weighted by Crippen LogP contribution is 2.31. The van der Waals surface area contributed by atoms with Gasteiger partial charge < -0.3 is 14.2 Å². The highest BCUT2D eigenvalue weighted by Gasteiger charge is 2.38. The number of benzene rings is 1. The Morgan fingerprint density at radius 2 is 1.79 bits per heavy atom. The van der Waals surface area contributed by atoms with Crippen molar-refractivity contribution in [2.45, 2.75) is 42.8 Å². The first-order valence-electron chi connectivity index (χ1n) is 11.0. The first-order chi connectivity index (χ1) is 16.0. The second kappa shape index (κ2) is 9.68. The van der Waals surface area contributed by atoms with Crippen LogP contribution >= 0.6 is 0 Å². The Labute approximate surface area is 194 Å². The molecule has 1 aromatic heterocycles. The standard InChI is InChI=1S/C21H26F4N4O4S/c1-34(30,31)16-6-7-18(17(22)12-16)32-13-14-2-4-15(5-3-14)28-8-10-29(11-9-28)20-26-19(27-33-20)21(23,24)25/h6-7,12,14-15H,2-5,8-11,13H2,1H3/t14-,15-. The van der Waals surface area contributed by atoms with E-state index < -0.39 is 27.7 Å². The molecule has 188 valence electrons. The number of sulfone groups is 1. The van der Waals surface area contributed by atoms with Crippen molar-refractivity contribution in [1.82, 2.24) is 15.0 Å². The normalized spacial score (nSPS) is 22.7. The molecule has 2 fully saturated rings. The predicted octanol–water partition coefficient (Wildman–Crippen LogP) is 3.39. The summed E-state index contributed by atoms with van der Waals surface area (Å²) < 4.78 is 85.6. The highest BCUT2D eigenvalue weighted by atomic mass is 32.2. The summed E-state index contributed by atoms with van der Waals surface area (Å²) in [4.78, 5) is 7.37. The minimum Gasteiger partial charge on any atom is -0.490 e. The molecule has 4 rings (SSSR count). The first-order valence-corrected chi connectivity index (χ1v) is 12.9. The van der Waals surface area contributed by atoms with Crippen LogP contribution in [0.5, 0.6) is 5.75 Å². The fourth-order valence-electron chi connectivity index (χ4n) is 4.45. The molecule has 1 saturated carbocycles. The summed E-state index contributed by atoms with van der Waals surface area (Å²) in [6.07, 6.45) is 0.107. The van der Waals surface area contributed by atoms with E-state index in [4.69, 9.17) is 9.26 Å². The number of anilines is 1. The summed E-state index contributed by atoms with van der Waals surface area (Å²) in [5, 5.41) is 3.01. The quantitative estimate of drug-likeness (QED) is 0.551. The van der Waals surface area contributed by atoms with Crippen LogP contribution < -0.4 is 9.64 Å². The number of hydrogen-bond acceptors (Lipinski definition) is 8. The van der Waals surface area contributed by atoms with Crippen LogP contribution in [0.2, 0.25) is 0 Å². The maximum atomic E-state index is 14.2. The molecule has 2 aromatic rings. The van der Waals surface area contributed by atoms with E-state index in [1.54, 1.807) is 4.90 Å². The van der Waals surface area contributed by atoms with Crippen molar-refractivity contribution in [3.05, 3.63) is 29.8 Å². The fourth-order valence-corrected chi connectivity index (χ4v) is 5.08. The Balaban J connectivity index is 1.21. The molecule has 0 unspecified atom stereocenters. The fraction of sp³-hybridized carbons (Fsp3) is 0.619. The molecule has 1 aliphatic heterocycles. The van der Waals surface area contributed by atoms with Crippen molar-refractivity contribution in [1.29, 1.82) is 0 Å². The van der Waals surface area contributed by atoms with Crippen molar-refractivity contribution in [3.8, 4) is 5.75 Å². The minimum absolute atomic E-state index is 0.0420. The average molecular weight is 507 g/mol. The zero-order valence-corrected chi connectivity index (χ0v) is 19.4. The molecule has 1 aromatic carbocycles. The minimum atomic E-state index is -4.63. The molecular formula is C21H26F4N4O4S. The summed E-state index contributed by atoms with van der Waals surface area (Å²) in [5.74, 6) is -1.65. The van der Waals surface area contributed by atoms with Crippen LogP contribution in [-0.2, 0) is 16.0 Å². The van der Waals surface area contributed by atoms with Gasteiger partial charge in [-0.25, -0.2) is 12.8 Å². The lowest BCUT2D eigenvalue weighted by Crippen LogP contribution is -2.51. The molecule has 0 radical (unpaired) electrons. The Morgan fingerprint density at radius 3 is 2.35 bits per heavy atom. The van der Waals surface area contributed by atoms with Crippen LogP contribution in [0.4, 0.5) is 23.6 Å². The van der Waals surface area contributed by atoms with E-state index in [0.717, 1.165) is 38.0 Å². The van der Waals surface area contributed by atoms with Crippen LogP contribution in [-0.4, -0.2) is 68.5 Å². The lowest BCUT2D eigenvalue weighted by Gasteiger charge is -2.41. The predicted molar refractivity (Wildman–Crippen MR) is 114 cm³/mol. The molecule has 8 nitrogen and oxygen atoms in total. The van der Waals surface area contributed by atoms with Gasteiger partial charge in [0, 0.05) is 38.5 Å². The Morgan fingerprint density at radius 1 is 1.12 bits per heavy atom. The van der Waals surface area contributed by atoms with Gasteiger partial charge in [0.15, 0.2) is 21.4 Å². The monoisotopic (exact) mass is 506 g/mol. The Bertz CT molecular complexity index is 1090. The van der Waals surface area contributed by atoms with Crippen molar-refractivity contribution in [3.63, 3.8) is 0 Å². The van der Waals surface area contributed by atoms with Gasteiger partial charge in [-0.15, -0.1) is 0 Å². The van der Waals surface area contributed by atoms with Crippen LogP contribution in [0.1, 0.15) is 31.5 Å².